The van der Waals surface area contributed by atoms with E-state index in [4.69, 9.17) is 14.2 Å². The first kappa shape index (κ1) is 18.4. The van der Waals surface area contributed by atoms with E-state index in [1.807, 2.05) is 0 Å². The molecule has 0 bridgehead atoms. The van der Waals surface area contributed by atoms with Gasteiger partial charge >= 0.3 is 5.97 Å². The Labute approximate surface area is 155 Å². The first-order valence-corrected chi connectivity index (χ1v) is 8.23. The lowest BCUT2D eigenvalue weighted by Gasteiger charge is -2.10. The van der Waals surface area contributed by atoms with E-state index in [1.54, 1.807) is 37.3 Å². The molecular weight excluding hydrogens is 351 g/mol. The summed E-state index contributed by atoms with van der Waals surface area (Å²) in [6, 6.07) is 9.24. The Hall–Kier alpha value is -3.41. The Bertz CT molecular complexity index is 946. The lowest BCUT2D eigenvalue weighted by Crippen LogP contribution is -2.15. The summed E-state index contributed by atoms with van der Waals surface area (Å²) < 4.78 is 29.8. The molecule has 0 amide bonds. The summed E-state index contributed by atoms with van der Waals surface area (Å²) in [7, 11) is 0. The van der Waals surface area contributed by atoms with Gasteiger partial charge in [-0.3, -0.25) is 4.79 Å². The van der Waals surface area contributed by atoms with E-state index in [-0.39, 0.29) is 30.3 Å². The maximum Gasteiger partial charge on any atom is 0.344 e. The highest BCUT2D eigenvalue weighted by atomic mass is 19.1. The van der Waals surface area contributed by atoms with Gasteiger partial charge in [-0.2, -0.15) is 0 Å². The lowest BCUT2D eigenvalue weighted by atomic mass is 10.1. The van der Waals surface area contributed by atoms with Crippen LogP contribution >= 0.6 is 0 Å². The summed E-state index contributed by atoms with van der Waals surface area (Å²) in [5.74, 6) is -0.569. The topological polar surface area (TPSA) is 61.8 Å². The molecule has 0 fully saturated rings. The minimum absolute atomic E-state index is 0.0285. The highest BCUT2D eigenvalue weighted by Crippen LogP contribution is 2.39. The minimum Gasteiger partial charge on any atom is -0.481 e. The summed E-state index contributed by atoms with van der Waals surface area (Å²) in [6.07, 6.45) is 2.83. The predicted molar refractivity (Wildman–Crippen MR) is 97.2 cm³/mol. The fourth-order valence-corrected chi connectivity index (χ4v) is 2.59. The van der Waals surface area contributed by atoms with E-state index in [2.05, 4.69) is 6.58 Å². The number of hydrogen-bond donors (Lipinski definition) is 0. The number of carbonyl (C=O) groups excluding carboxylic acids is 2. The number of esters is 1. The number of halogens is 1. The smallest absolute Gasteiger partial charge is 0.344 e. The number of benzene rings is 2. The third kappa shape index (κ3) is 3.89. The van der Waals surface area contributed by atoms with Crippen LogP contribution in [-0.2, 0) is 9.53 Å². The van der Waals surface area contributed by atoms with Crippen LogP contribution < -0.4 is 9.47 Å². The second-order valence-electron chi connectivity index (χ2n) is 5.79. The van der Waals surface area contributed by atoms with Crippen molar-refractivity contribution < 1.29 is 28.2 Å². The fraction of sp³-hybridized carbons (Fsp3) is 0.143. The molecule has 0 saturated heterocycles. The predicted octanol–water partition coefficient (Wildman–Crippen LogP) is 3.86. The zero-order valence-corrected chi connectivity index (χ0v) is 14.7. The third-order valence-corrected chi connectivity index (χ3v) is 3.94. The molecular formula is C21H17FO5. The van der Waals surface area contributed by atoms with Crippen molar-refractivity contribution in [3.63, 3.8) is 0 Å². The average Bonchev–Trinajstić information content (AvgIpc) is 2.98. The fourth-order valence-electron chi connectivity index (χ4n) is 2.59. The molecule has 0 spiro atoms. The van der Waals surface area contributed by atoms with Gasteiger partial charge in [0.1, 0.15) is 23.9 Å². The Morgan fingerprint density at radius 2 is 2.04 bits per heavy atom. The van der Waals surface area contributed by atoms with Crippen molar-refractivity contribution in [2.45, 2.75) is 6.92 Å². The van der Waals surface area contributed by atoms with Gasteiger partial charge in [-0.1, -0.05) is 30.9 Å². The van der Waals surface area contributed by atoms with Gasteiger partial charge in [-0.15, -0.1) is 0 Å². The van der Waals surface area contributed by atoms with Crippen LogP contribution in [0.1, 0.15) is 21.5 Å². The highest BCUT2D eigenvalue weighted by molar-refractivity contribution is 6.15. The van der Waals surface area contributed by atoms with Crippen LogP contribution in [0.2, 0.25) is 0 Å². The van der Waals surface area contributed by atoms with Crippen LogP contribution in [-0.4, -0.2) is 25.0 Å². The molecule has 138 valence electrons. The number of fused-ring (bicyclic) bond motifs is 1. The van der Waals surface area contributed by atoms with Gasteiger partial charge in [0.05, 0.1) is 5.56 Å². The van der Waals surface area contributed by atoms with E-state index in [1.165, 1.54) is 18.2 Å². The zero-order chi connectivity index (χ0) is 19.4. The molecule has 1 aliphatic heterocycles. The number of rotatable bonds is 6. The van der Waals surface area contributed by atoms with Gasteiger partial charge in [0.25, 0.3) is 0 Å². The van der Waals surface area contributed by atoms with Crippen molar-refractivity contribution in [3.05, 3.63) is 77.3 Å². The third-order valence-electron chi connectivity index (χ3n) is 3.94. The second kappa shape index (κ2) is 7.86. The van der Waals surface area contributed by atoms with Crippen LogP contribution in [0, 0.1) is 12.7 Å². The van der Waals surface area contributed by atoms with E-state index in [0.29, 0.717) is 22.6 Å². The van der Waals surface area contributed by atoms with Crippen molar-refractivity contribution in [2.75, 3.05) is 13.2 Å². The largest absolute Gasteiger partial charge is 0.481 e. The van der Waals surface area contributed by atoms with Crippen molar-refractivity contribution in [1.29, 1.82) is 0 Å². The minimum atomic E-state index is -0.535. The zero-order valence-electron chi connectivity index (χ0n) is 14.7. The molecule has 0 N–H and O–H groups in total. The molecule has 1 heterocycles. The Kier molecular flexibility index (Phi) is 5.35. The number of hydrogen-bond acceptors (Lipinski definition) is 5. The number of carbonyl (C=O) groups is 2. The van der Waals surface area contributed by atoms with Gasteiger partial charge < -0.3 is 14.2 Å². The maximum atomic E-state index is 13.8. The van der Waals surface area contributed by atoms with E-state index in [0.717, 1.165) is 0 Å². The molecule has 2 aromatic carbocycles. The molecule has 3 rings (SSSR count). The normalized spacial score (nSPS) is 13.9. The molecule has 2 aromatic rings. The molecule has 5 nitrogen and oxygen atoms in total. The van der Waals surface area contributed by atoms with Crippen LogP contribution in [0.5, 0.6) is 11.5 Å². The van der Waals surface area contributed by atoms with E-state index in [9.17, 15) is 14.0 Å². The molecule has 0 radical (unpaired) electrons. The monoisotopic (exact) mass is 368 g/mol. The van der Waals surface area contributed by atoms with Gasteiger partial charge in [-0.05, 0) is 31.2 Å². The molecule has 0 unspecified atom stereocenters. The van der Waals surface area contributed by atoms with Gasteiger partial charge in [-0.25, -0.2) is 9.18 Å². The van der Waals surface area contributed by atoms with Crippen LogP contribution in [0.3, 0.4) is 0 Å². The summed E-state index contributed by atoms with van der Waals surface area (Å²) in [5.41, 5.74) is 1.18. The first-order chi connectivity index (χ1) is 13.0. The summed E-state index contributed by atoms with van der Waals surface area (Å²) in [4.78, 5) is 24.1. The highest BCUT2D eigenvalue weighted by Gasteiger charge is 2.30. The Morgan fingerprint density at radius 1 is 1.26 bits per heavy atom. The summed E-state index contributed by atoms with van der Waals surface area (Å²) in [6.45, 7) is 5.00. The number of ether oxygens (including phenoxy) is 3. The van der Waals surface area contributed by atoms with Crippen LogP contribution in [0.4, 0.5) is 4.39 Å². The van der Waals surface area contributed by atoms with Crippen molar-refractivity contribution in [1.82, 2.24) is 0 Å². The summed E-state index contributed by atoms with van der Waals surface area (Å²) >= 11 is 0. The first-order valence-electron chi connectivity index (χ1n) is 8.23. The summed E-state index contributed by atoms with van der Waals surface area (Å²) in [5, 5.41) is 0. The Balaban J connectivity index is 1.80. The number of Topliss-reactive ketones (excluding diaryl/α,β-unsaturated/α-hetero) is 1. The number of allylic oxidation sites excluding steroid dienone is 1. The standard InChI is InChI=1S/C21H17FO5/c1-3-10-25-19(23)12-26-17-9-8-15-20(24)18(27-21(15)13(17)2)11-14-6-4-5-7-16(14)22/h3-9,11H,1,10,12H2,2H3/b18-11-. The second-order valence-corrected chi connectivity index (χ2v) is 5.79. The van der Waals surface area contributed by atoms with Crippen molar-refractivity contribution in [2.24, 2.45) is 0 Å². The number of ketones is 1. The molecule has 0 saturated carbocycles. The Morgan fingerprint density at radius 3 is 2.78 bits per heavy atom. The van der Waals surface area contributed by atoms with Gasteiger partial charge in [0, 0.05) is 11.1 Å². The van der Waals surface area contributed by atoms with E-state index < -0.39 is 11.8 Å². The molecule has 1 aliphatic rings. The van der Waals surface area contributed by atoms with Crippen LogP contribution in [0.15, 0.2) is 54.8 Å². The SMILES string of the molecule is C=CCOC(=O)COc1ccc2c(c1C)O/C(=C\c1ccccc1F)C2=O. The lowest BCUT2D eigenvalue weighted by molar-refractivity contribution is -0.144. The van der Waals surface area contributed by atoms with Crippen molar-refractivity contribution in [3.8, 4) is 11.5 Å². The van der Waals surface area contributed by atoms with Crippen LogP contribution in [0.25, 0.3) is 6.08 Å². The molecule has 0 aromatic heterocycles. The molecule has 27 heavy (non-hydrogen) atoms. The average molecular weight is 368 g/mol. The molecule has 0 aliphatic carbocycles. The van der Waals surface area contributed by atoms with E-state index >= 15 is 0 Å². The van der Waals surface area contributed by atoms with Gasteiger partial charge in [0.2, 0.25) is 5.78 Å². The van der Waals surface area contributed by atoms with Gasteiger partial charge in [0.15, 0.2) is 12.4 Å². The quantitative estimate of drug-likeness (QED) is 0.440. The maximum absolute atomic E-state index is 13.8. The van der Waals surface area contributed by atoms with Crippen molar-refractivity contribution >= 4 is 17.8 Å². The molecule has 0 atom stereocenters. The molecule has 6 heteroatoms.